The lowest BCUT2D eigenvalue weighted by molar-refractivity contribution is 0.0636. The largest absolute Gasteiger partial charge is 0.486 e. The van der Waals surface area contributed by atoms with Gasteiger partial charge in [0.1, 0.15) is 12.7 Å². The molecule has 1 fully saturated rings. The zero-order valence-corrected chi connectivity index (χ0v) is 11.4. The van der Waals surface area contributed by atoms with Gasteiger partial charge in [0, 0.05) is 6.04 Å². The second kappa shape index (κ2) is 5.83. The Morgan fingerprint density at radius 1 is 1.11 bits per heavy atom. The highest BCUT2D eigenvalue weighted by atomic mass is 16.6. The van der Waals surface area contributed by atoms with E-state index >= 15 is 0 Å². The lowest BCUT2D eigenvalue weighted by atomic mass is 9.84. The molecule has 2 N–H and O–H groups in total. The Bertz CT molecular complexity index is 415. The molecule has 104 valence electrons. The van der Waals surface area contributed by atoms with Gasteiger partial charge in [-0.2, -0.15) is 0 Å². The van der Waals surface area contributed by atoms with Crippen LogP contribution in [0.5, 0.6) is 11.5 Å². The van der Waals surface area contributed by atoms with Crippen molar-refractivity contribution in [3.05, 3.63) is 24.3 Å². The molecule has 19 heavy (non-hydrogen) atoms. The maximum Gasteiger partial charge on any atom is 0.161 e. The molecule has 0 saturated heterocycles. The average Bonchev–Trinajstić information content (AvgIpc) is 2.48. The second-order valence-corrected chi connectivity index (χ2v) is 5.82. The smallest absolute Gasteiger partial charge is 0.161 e. The molecule has 1 aliphatic heterocycles. The highest BCUT2D eigenvalue weighted by Crippen LogP contribution is 2.33. The van der Waals surface area contributed by atoms with Gasteiger partial charge in [-0.05, 0) is 24.5 Å². The minimum atomic E-state index is -0.00294. The topological polar surface area (TPSA) is 44.5 Å². The quantitative estimate of drug-likeness (QED) is 0.909. The number of hydrogen-bond donors (Lipinski definition) is 1. The van der Waals surface area contributed by atoms with Crippen LogP contribution >= 0.6 is 0 Å². The van der Waals surface area contributed by atoms with Gasteiger partial charge in [0.25, 0.3) is 0 Å². The molecule has 0 spiro atoms. The van der Waals surface area contributed by atoms with E-state index in [4.69, 9.17) is 15.2 Å². The number of hydrogen-bond acceptors (Lipinski definition) is 3. The molecule has 3 rings (SSSR count). The summed E-state index contributed by atoms with van der Waals surface area (Å²) in [6.45, 7) is 0.574. The highest BCUT2D eigenvalue weighted by Gasteiger charge is 2.28. The van der Waals surface area contributed by atoms with Gasteiger partial charge in [-0.1, -0.05) is 44.2 Å². The van der Waals surface area contributed by atoms with Crippen molar-refractivity contribution in [3.8, 4) is 11.5 Å². The van der Waals surface area contributed by atoms with E-state index in [9.17, 15) is 0 Å². The van der Waals surface area contributed by atoms with Crippen molar-refractivity contribution < 1.29 is 9.47 Å². The van der Waals surface area contributed by atoms with Gasteiger partial charge in [-0.25, -0.2) is 0 Å². The van der Waals surface area contributed by atoms with E-state index in [1.807, 2.05) is 24.3 Å². The van der Waals surface area contributed by atoms with Gasteiger partial charge in [-0.3, -0.25) is 0 Å². The molecule has 1 aliphatic carbocycles. The summed E-state index contributed by atoms with van der Waals surface area (Å²) in [6.07, 6.45) is 7.84. The van der Waals surface area contributed by atoms with E-state index in [1.165, 1.54) is 32.1 Å². The Morgan fingerprint density at radius 2 is 1.84 bits per heavy atom. The molecule has 2 aliphatic rings. The Hall–Kier alpha value is -1.22. The number of rotatable bonds is 3. The van der Waals surface area contributed by atoms with E-state index in [1.54, 1.807) is 0 Å². The van der Waals surface area contributed by atoms with Crippen LogP contribution in [0, 0.1) is 5.92 Å². The summed E-state index contributed by atoms with van der Waals surface area (Å²) in [5.74, 6) is 2.45. The molecular formula is C16H23NO2. The predicted molar refractivity (Wildman–Crippen MR) is 75.5 cm³/mol. The number of ether oxygens (including phenoxy) is 2. The molecule has 1 aromatic rings. The first-order valence-corrected chi connectivity index (χ1v) is 7.47. The average molecular weight is 261 g/mol. The molecule has 0 bridgehead atoms. The third-order valence-electron chi connectivity index (χ3n) is 4.34. The number of nitrogens with two attached hydrogens (primary N) is 1. The van der Waals surface area contributed by atoms with Crippen LogP contribution < -0.4 is 15.2 Å². The number of fused-ring (bicyclic) bond motifs is 1. The first-order valence-electron chi connectivity index (χ1n) is 7.47. The maximum atomic E-state index is 6.33. The zero-order valence-electron chi connectivity index (χ0n) is 11.4. The SMILES string of the molecule is NC(CC1CCCCC1)C1COc2ccccc2O1. The fourth-order valence-electron chi connectivity index (χ4n) is 3.21. The van der Waals surface area contributed by atoms with Crippen LogP contribution in [0.15, 0.2) is 24.3 Å². The summed E-state index contributed by atoms with van der Waals surface area (Å²) in [7, 11) is 0. The Morgan fingerprint density at radius 3 is 2.63 bits per heavy atom. The molecule has 1 heterocycles. The van der Waals surface area contributed by atoms with Gasteiger partial charge in [0.2, 0.25) is 0 Å². The van der Waals surface area contributed by atoms with Gasteiger partial charge in [0.05, 0.1) is 0 Å². The highest BCUT2D eigenvalue weighted by molar-refractivity contribution is 5.40. The number of para-hydroxylation sites is 2. The molecule has 0 amide bonds. The van der Waals surface area contributed by atoms with Crippen LogP contribution in [0.4, 0.5) is 0 Å². The van der Waals surface area contributed by atoms with Crippen molar-refractivity contribution >= 4 is 0 Å². The third kappa shape index (κ3) is 3.03. The summed E-state index contributed by atoms with van der Waals surface area (Å²) in [5.41, 5.74) is 6.33. The van der Waals surface area contributed by atoms with Crippen molar-refractivity contribution in [2.45, 2.75) is 50.7 Å². The molecule has 2 atom stereocenters. The van der Waals surface area contributed by atoms with E-state index < -0.39 is 0 Å². The molecular weight excluding hydrogens is 238 g/mol. The summed E-state index contributed by atoms with van der Waals surface area (Å²) >= 11 is 0. The van der Waals surface area contributed by atoms with E-state index in [0.717, 1.165) is 23.8 Å². The van der Waals surface area contributed by atoms with Gasteiger partial charge in [0.15, 0.2) is 11.5 Å². The molecule has 1 aromatic carbocycles. The standard InChI is InChI=1S/C16H23NO2/c17-13(10-12-6-2-1-3-7-12)16-11-18-14-8-4-5-9-15(14)19-16/h4-5,8-9,12-13,16H,1-3,6-7,10-11,17H2. The third-order valence-corrected chi connectivity index (χ3v) is 4.34. The minimum absolute atomic E-state index is 0.00294. The fraction of sp³-hybridized carbons (Fsp3) is 0.625. The van der Waals surface area contributed by atoms with E-state index in [0.29, 0.717) is 6.61 Å². The Kier molecular flexibility index (Phi) is 3.92. The molecule has 0 radical (unpaired) electrons. The molecule has 1 saturated carbocycles. The minimum Gasteiger partial charge on any atom is -0.486 e. The van der Waals surface area contributed by atoms with Crippen molar-refractivity contribution in [1.29, 1.82) is 0 Å². The molecule has 2 unspecified atom stereocenters. The maximum absolute atomic E-state index is 6.33. The Labute approximate surface area is 115 Å². The van der Waals surface area contributed by atoms with Crippen LogP contribution in [0.2, 0.25) is 0 Å². The lowest BCUT2D eigenvalue weighted by Crippen LogP contribution is -2.46. The van der Waals surface area contributed by atoms with Gasteiger partial charge in [-0.15, -0.1) is 0 Å². The molecule has 3 nitrogen and oxygen atoms in total. The monoisotopic (exact) mass is 261 g/mol. The van der Waals surface area contributed by atoms with E-state index in [-0.39, 0.29) is 12.1 Å². The summed E-state index contributed by atoms with van der Waals surface area (Å²) < 4.78 is 11.7. The van der Waals surface area contributed by atoms with Crippen molar-refractivity contribution in [1.82, 2.24) is 0 Å². The van der Waals surface area contributed by atoms with E-state index in [2.05, 4.69) is 0 Å². The first kappa shape index (κ1) is 12.8. The normalized spacial score (nSPS) is 25.0. The summed E-state index contributed by atoms with van der Waals surface area (Å²) in [4.78, 5) is 0. The van der Waals surface area contributed by atoms with Crippen LogP contribution in [-0.4, -0.2) is 18.8 Å². The second-order valence-electron chi connectivity index (χ2n) is 5.82. The van der Waals surface area contributed by atoms with Crippen LogP contribution in [0.1, 0.15) is 38.5 Å². The van der Waals surface area contributed by atoms with Crippen molar-refractivity contribution in [2.24, 2.45) is 11.7 Å². The summed E-state index contributed by atoms with van der Waals surface area (Å²) in [5, 5.41) is 0. The van der Waals surface area contributed by atoms with Crippen LogP contribution in [0.3, 0.4) is 0 Å². The predicted octanol–water partition coefficient (Wildman–Crippen LogP) is 3.12. The Balaban J connectivity index is 1.58. The van der Waals surface area contributed by atoms with Crippen molar-refractivity contribution in [3.63, 3.8) is 0 Å². The summed E-state index contributed by atoms with van der Waals surface area (Å²) in [6, 6.07) is 7.91. The van der Waals surface area contributed by atoms with Crippen LogP contribution in [-0.2, 0) is 0 Å². The van der Waals surface area contributed by atoms with Crippen LogP contribution in [0.25, 0.3) is 0 Å². The molecule has 0 aromatic heterocycles. The number of benzene rings is 1. The fourth-order valence-corrected chi connectivity index (χ4v) is 3.21. The lowest BCUT2D eigenvalue weighted by Gasteiger charge is -2.32. The zero-order chi connectivity index (χ0) is 13.1. The molecule has 3 heteroatoms. The van der Waals surface area contributed by atoms with Gasteiger partial charge < -0.3 is 15.2 Å². The van der Waals surface area contributed by atoms with Crippen molar-refractivity contribution in [2.75, 3.05) is 6.61 Å². The van der Waals surface area contributed by atoms with Gasteiger partial charge >= 0.3 is 0 Å². The first-order chi connectivity index (χ1) is 9.33.